The first-order chi connectivity index (χ1) is 15.2. The summed E-state index contributed by atoms with van der Waals surface area (Å²) in [6, 6.07) is 0. The number of carbonyl (C=O) groups is 1. The summed E-state index contributed by atoms with van der Waals surface area (Å²) in [6.45, 7) is 3.72. The molecule has 1 N–H and O–H groups in total. The van der Waals surface area contributed by atoms with E-state index in [1.807, 2.05) is 6.08 Å². The van der Waals surface area contributed by atoms with E-state index in [1.54, 1.807) is 0 Å². The van der Waals surface area contributed by atoms with Crippen molar-refractivity contribution in [3.8, 4) is 0 Å². The molecule has 2 fully saturated rings. The van der Waals surface area contributed by atoms with E-state index in [1.165, 1.54) is 44.9 Å². The second-order valence-corrected chi connectivity index (χ2v) is 8.82. The molecule has 4 atom stereocenters. The number of carboxylic acid groups (broad SMARTS) is 1. The first-order valence-corrected chi connectivity index (χ1v) is 12.3. The summed E-state index contributed by atoms with van der Waals surface area (Å²) in [5, 5.41) is 8.84. The van der Waals surface area contributed by atoms with E-state index >= 15 is 0 Å². The maximum Gasteiger partial charge on any atom is 0.306 e. The van der Waals surface area contributed by atoms with E-state index in [0.717, 1.165) is 44.9 Å². The number of ether oxygens (including phenoxy) is 1. The second kappa shape index (κ2) is 16.2. The van der Waals surface area contributed by atoms with Gasteiger partial charge in [0.1, 0.15) is 12.2 Å². The Morgan fingerprint density at radius 1 is 0.806 bits per heavy atom. The highest BCUT2D eigenvalue weighted by Gasteiger charge is 2.36. The van der Waals surface area contributed by atoms with Crippen molar-refractivity contribution in [3.63, 3.8) is 0 Å². The van der Waals surface area contributed by atoms with Crippen molar-refractivity contribution in [2.45, 2.75) is 121 Å². The van der Waals surface area contributed by atoms with E-state index in [4.69, 9.17) is 19.6 Å². The number of allylic oxidation sites excluding steroid dienone is 5. The molecule has 31 heavy (non-hydrogen) atoms. The summed E-state index contributed by atoms with van der Waals surface area (Å²) < 4.78 is 6.19. The second-order valence-electron chi connectivity index (χ2n) is 8.82. The third-order valence-electron chi connectivity index (χ3n) is 6.11. The Hall–Kier alpha value is -1.43. The summed E-state index contributed by atoms with van der Waals surface area (Å²) in [5.41, 5.74) is 0. The first-order valence-electron chi connectivity index (χ1n) is 12.3. The van der Waals surface area contributed by atoms with Crippen LogP contribution in [-0.2, 0) is 19.3 Å². The third kappa shape index (κ3) is 11.7. The fraction of sp³-hybridized carbons (Fsp3) is 0.731. The molecule has 2 heterocycles. The van der Waals surface area contributed by atoms with E-state index in [0.29, 0.717) is 6.10 Å². The number of rotatable bonds is 16. The van der Waals surface area contributed by atoms with E-state index < -0.39 is 5.97 Å². The minimum atomic E-state index is -0.844. The lowest BCUT2D eigenvalue weighted by Crippen LogP contribution is -2.37. The minimum absolute atomic E-state index is 0.00529. The predicted molar refractivity (Wildman–Crippen MR) is 124 cm³/mol. The van der Waals surface area contributed by atoms with Crippen molar-refractivity contribution in [2.24, 2.45) is 0 Å². The minimum Gasteiger partial charge on any atom is -0.481 e. The molecule has 0 aromatic carbocycles. The highest BCUT2D eigenvalue weighted by Crippen LogP contribution is 2.31. The molecule has 5 heteroatoms. The quantitative estimate of drug-likeness (QED) is 0.127. The molecule has 0 amide bonds. The summed E-state index contributed by atoms with van der Waals surface area (Å²) in [7, 11) is 0. The van der Waals surface area contributed by atoms with Crippen LogP contribution in [0.3, 0.4) is 0 Å². The average Bonchev–Trinajstić information content (AvgIpc) is 3.23. The molecular weight excluding hydrogens is 392 g/mol. The molecular formula is C26H42O5. The number of carboxylic acids is 1. The summed E-state index contributed by atoms with van der Waals surface area (Å²) in [6.07, 6.45) is 26.6. The van der Waals surface area contributed by atoms with Gasteiger partial charge in [-0.1, -0.05) is 62.5 Å². The van der Waals surface area contributed by atoms with Gasteiger partial charge in [-0.3, -0.25) is 4.79 Å². The Morgan fingerprint density at radius 2 is 1.48 bits per heavy atom. The number of hydrogen-bond donors (Lipinski definition) is 1. The van der Waals surface area contributed by atoms with Crippen LogP contribution in [0.15, 0.2) is 37.0 Å². The van der Waals surface area contributed by atoms with Gasteiger partial charge in [0.15, 0.2) is 0 Å². The highest BCUT2D eigenvalue weighted by molar-refractivity contribution is 5.67. The molecule has 5 nitrogen and oxygen atoms in total. The van der Waals surface area contributed by atoms with Gasteiger partial charge in [-0.25, -0.2) is 9.78 Å². The fourth-order valence-electron chi connectivity index (χ4n) is 4.30. The predicted octanol–water partition coefficient (Wildman–Crippen LogP) is 6.69. The molecule has 0 unspecified atom stereocenters. The van der Waals surface area contributed by atoms with Gasteiger partial charge in [0.05, 0.1) is 18.6 Å². The lowest BCUT2D eigenvalue weighted by Gasteiger charge is -2.30. The Kier molecular flexibility index (Phi) is 13.5. The van der Waals surface area contributed by atoms with Crippen molar-refractivity contribution < 1.29 is 24.4 Å². The van der Waals surface area contributed by atoms with Crippen molar-refractivity contribution >= 4 is 5.97 Å². The van der Waals surface area contributed by atoms with Gasteiger partial charge in [0, 0.05) is 0 Å². The lowest BCUT2D eigenvalue weighted by molar-refractivity contribution is -0.385. The van der Waals surface area contributed by atoms with Crippen LogP contribution in [0.4, 0.5) is 0 Å². The maximum absolute atomic E-state index is 10.8. The Balaban J connectivity index is 1.41. The van der Waals surface area contributed by atoms with E-state index in [-0.39, 0.29) is 24.7 Å². The highest BCUT2D eigenvalue weighted by atomic mass is 17.2. The number of hydrogen-bond acceptors (Lipinski definition) is 4. The fourth-order valence-corrected chi connectivity index (χ4v) is 4.30. The molecule has 2 aliphatic rings. The van der Waals surface area contributed by atoms with Crippen LogP contribution < -0.4 is 0 Å². The van der Waals surface area contributed by atoms with Gasteiger partial charge in [-0.15, -0.1) is 6.58 Å². The van der Waals surface area contributed by atoms with Crippen LogP contribution in [0.1, 0.15) is 96.3 Å². The lowest BCUT2D eigenvalue weighted by atomic mass is 10.0. The Morgan fingerprint density at radius 3 is 2.19 bits per heavy atom. The van der Waals surface area contributed by atoms with Gasteiger partial charge >= 0.3 is 5.97 Å². The van der Waals surface area contributed by atoms with Gasteiger partial charge in [0.2, 0.25) is 0 Å². The SMILES string of the molecule is C=CCC/C=C/C=C/CCCCCCCC[C@@H]1CC[C@@H]([C@@H]2CC[C@@H](CC(=O)O)OO2)O1. The average molecular weight is 435 g/mol. The molecule has 0 spiro atoms. The van der Waals surface area contributed by atoms with Gasteiger partial charge in [-0.05, 0) is 57.8 Å². The molecule has 0 aromatic heterocycles. The summed E-state index contributed by atoms with van der Waals surface area (Å²) in [4.78, 5) is 21.5. The molecule has 0 aliphatic carbocycles. The van der Waals surface area contributed by atoms with Crippen molar-refractivity contribution in [2.75, 3.05) is 0 Å². The van der Waals surface area contributed by atoms with Gasteiger partial charge in [-0.2, -0.15) is 0 Å². The van der Waals surface area contributed by atoms with Crippen LogP contribution >= 0.6 is 0 Å². The summed E-state index contributed by atoms with van der Waals surface area (Å²) in [5.74, 6) is -0.844. The largest absolute Gasteiger partial charge is 0.481 e. The first kappa shape index (κ1) is 25.8. The van der Waals surface area contributed by atoms with Crippen molar-refractivity contribution in [1.82, 2.24) is 0 Å². The molecule has 2 saturated heterocycles. The Labute approximate surface area is 188 Å². The van der Waals surface area contributed by atoms with Crippen LogP contribution in [0, 0.1) is 0 Å². The maximum atomic E-state index is 10.8. The summed E-state index contributed by atoms with van der Waals surface area (Å²) >= 11 is 0. The molecule has 176 valence electrons. The third-order valence-corrected chi connectivity index (χ3v) is 6.11. The monoisotopic (exact) mass is 434 g/mol. The van der Waals surface area contributed by atoms with E-state index in [9.17, 15) is 4.79 Å². The molecule has 0 aromatic rings. The van der Waals surface area contributed by atoms with E-state index in [2.05, 4.69) is 30.9 Å². The molecule has 0 radical (unpaired) electrons. The standard InChI is InChI=1S/C26H42O5/c1-2-3-4-5-6-7-8-9-10-11-12-13-14-15-16-22-17-19-24(29-22)25-20-18-23(30-31-25)21-26(27)28/h2,5-8,22-25H,1,3-4,9-21H2,(H,27,28)/b6-5+,8-7+/t22-,23+,24+,25+/m1/s1. The molecule has 2 aliphatic heterocycles. The van der Waals surface area contributed by atoms with Crippen LogP contribution in [0.2, 0.25) is 0 Å². The van der Waals surface area contributed by atoms with Gasteiger partial charge < -0.3 is 9.84 Å². The zero-order chi connectivity index (χ0) is 22.2. The van der Waals surface area contributed by atoms with Crippen molar-refractivity contribution in [3.05, 3.63) is 37.0 Å². The molecule has 2 rings (SSSR count). The molecule has 0 saturated carbocycles. The Bertz CT molecular complexity index is 548. The zero-order valence-corrected chi connectivity index (χ0v) is 19.1. The smallest absolute Gasteiger partial charge is 0.306 e. The number of unbranched alkanes of at least 4 members (excludes halogenated alkanes) is 7. The van der Waals surface area contributed by atoms with Crippen LogP contribution in [0.5, 0.6) is 0 Å². The molecule has 0 bridgehead atoms. The number of aliphatic carboxylic acids is 1. The van der Waals surface area contributed by atoms with Crippen LogP contribution in [-0.4, -0.2) is 35.5 Å². The van der Waals surface area contributed by atoms with Crippen LogP contribution in [0.25, 0.3) is 0 Å². The normalized spacial score (nSPS) is 26.7. The topological polar surface area (TPSA) is 65.0 Å². The zero-order valence-electron chi connectivity index (χ0n) is 19.1. The van der Waals surface area contributed by atoms with Gasteiger partial charge in [0.25, 0.3) is 0 Å². The van der Waals surface area contributed by atoms with Crippen molar-refractivity contribution in [1.29, 1.82) is 0 Å².